The lowest BCUT2D eigenvalue weighted by molar-refractivity contribution is -0.133. The van der Waals surface area contributed by atoms with Crippen LogP contribution in [0, 0.1) is 0 Å². The number of aromatic nitrogens is 2. The van der Waals surface area contributed by atoms with E-state index in [1.807, 2.05) is 13.8 Å². The molecule has 2 heterocycles. The molecule has 0 spiro atoms. The number of carbonyl (C=O) groups excluding carboxylic acids is 1. The first kappa shape index (κ1) is 19.1. The standard InChI is InChI=1S/C21H24N2O4S/c1-11(2)19-22-20(27-23-19)18-14-6-3-4-9-16(14)28-17(18)10-15(24)12-7-5-8-13(12)21(25)26/h11H,3-10H2,1-2H3,(H,25,26). The van der Waals surface area contributed by atoms with Gasteiger partial charge >= 0.3 is 5.97 Å². The van der Waals surface area contributed by atoms with Crippen molar-refractivity contribution in [2.24, 2.45) is 0 Å². The lowest BCUT2D eigenvalue weighted by Gasteiger charge is -2.11. The summed E-state index contributed by atoms with van der Waals surface area (Å²) in [5.41, 5.74) is 2.92. The largest absolute Gasteiger partial charge is 0.478 e. The van der Waals surface area contributed by atoms with E-state index in [0.717, 1.165) is 42.5 Å². The molecular formula is C21H24N2O4S. The predicted octanol–water partition coefficient (Wildman–Crippen LogP) is 4.48. The van der Waals surface area contributed by atoms with Crippen LogP contribution in [-0.4, -0.2) is 27.0 Å². The van der Waals surface area contributed by atoms with Gasteiger partial charge in [-0.2, -0.15) is 4.98 Å². The van der Waals surface area contributed by atoms with Crippen LogP contribution in [0.2, 0.25) is 0 Å². The quantitative estimate of drug-likeness (QED) is 0.768. The second kappa shape index (κ2) is 7.62. The van der Waals surface area contributed by atoms with Crippen LogP contribution in [0.5, 0.6) is 0 Å². The molecule has 2 aromatic heterocycles. The monoisotopic (exact) mass is 400 g/mol. The number of hydrogen-bond donors (Lipinski definition) is 1. The normalized spacial score (nSPS) is 16.7. The summed E-state index contributed by atoms with van der Waals surface area (Å²) in [5.74, 6) is 0.265. The van der Waals surface area contributed by atoms with Crippen molar-refractivity contribution in [1.82, 2.24) is 10.1 Å². The van der Waals surface area contributed by atoms with Crippen molar-refractivity contribution >= 4 is 23.1 Å². The van der Waals surface area contributed by atoms with E-state index in [1.165, 1.54) is 10.4 Å². The Bertz CT molecular complexity index is 967. The van der Waals surface area contributed by atoms with Gasteiger partial charge in [0.2, 0.25) is 0 Å². The van der Waals surface area contributed by atoms with Crippen molar-refractivity contribution in [2.45, 2.75) is 71.1 Å². The molecule has 0 radical (unpaired) electrons. The molecule has 2 aromatic rings. The van der Waals surface area contributed by atoms with Crippen LogP contribution in [0.3, 0.4) is 0 Å². The summed E-state index contributed by atoms with van der Waals surface area (Å²) >= 11 is 1.65. The number of ketones is 1. The van der Waals surface area contributed by atoms with E-state index in [2.05, 4.69) is 10.1 Å². The molecule has 0 saturated heterocycles. The zero-order valence-corrected chi connectivity index (χ0v) is 17.0. The third kappa shape index (κ3) is 3.43. The molecule has 2 aliphatic carbocycles. The highest BCUT2D eigenvalue weighted by Crippen LogP contribution is 2.41. The number of aliphatic carboxylic acids is 1. The Morgan fingerprint density at radius 1 is 1.11 bits per heavy atom. The molecular weight excluding hydrogens is 376 g/mol. The highest BCUT2D eigenvalue weighted by atomic mass is 32.1. The summed E-state index contributed by atoms with van der Waals surface area (Å²) in [7, 11) is 0. The SMILES string of the molecule is CC(C)c1noc(-c2c(CC(=O)C3=C(C(=O)O)CCC3)sc3c2CCCC3)n1. The van der Waals surface area contributed by atoms with Gasteiger partial charge in [0.05, 0.1) is 5.56 Å². The van der Waals surface area contributed by atoms with Crippen LogP contribution in [0.25, 0.3) is 11.5 Å². The van der Waals surface area contributed by atoms with Crippen molar-refractivity contribution in [3.63, 3.8) is 0 Å². The molecule has 2 aliphatic rings. The van der Waals surface area contributed by atoms with Gasteiger partial charge in [-0.3, -0.25) is 4.79 Å². The number of rotatable bonds is 6. The Hall–Kier alpha value is -2.28. The van der Waals surface area contributed by atoms with Crippen LogP contribution in [0.1, 0.15) is 73.0 Å². The average molecular weight is 401 g/mol. The minimum absolute atomic E-state index is 0.0849. The molecule has 4 rings (SSSR count). The van der Waals surface area contributed by atoms with E-state index in [1.54, 1.807) is 11.3 Å². The number of carbonyl (C=O) groups is 2. The zero-order chi connectivity index (χ0) is 19.8. The summed E-state index contributed by atoms with van der Waals surface area (Å²) in [6, 6.07) is 0. The lowest BCUT2D eigenvalue weighted by atomic mass is 9.93. The minimum Gasteiger partial charge on any atom is -0.478 e. The molecule has 6 nitrogen and oxygen atoms in total. The van der Waals surface area contributed by atoms with Gasteiger partial charge in [-0.15, -0.1) is 11.3 Å². The van der Waals surface area contributed by atoms with Gasteiger partial charge < -0.3 is 9.63 Å². The van der Waals surface area contributed by atoms with Crippen LogP contribution >= 0.6 is 11.3 Å². The number of carboxylic acids is 1. The van der Waals surface area contributed by atoms with Crippen molar-refractivity contribution in [3.8, 4) is 11.5 Å². The molecule has 0 amide bonds. The van der Waals surface area contributed by atoms with Crippen LogP contribution in [0.15, 0.2) is 15.7 Å². The maximum atomic E-state index is 13.0. The number of Topliss-reactive ketones (excluding diaryl/α,β-unsaturated/α-hetero) is 1. The van der Waals surface area contributed by atoms with Gasteiger partial charge in [0.25, 0.3) is 5.89 Å². The van der Waals surface area contributed by atoms with Gasteiger partial charge in [-0.1, -0.05) is 19.0 Å². The van der Waals surface area contributed by atoms with E-state index in [4.69, 9.17) is 4.52 Å². The van der Waals surface area contributed by atoms with Gasteiger partial charge in [0, 0.05) is 33.2 Å². The summed E-state index contributed by atoms with van der Waals surface area (Å²) in [6.07, 6.45) is 6.20. The molecule has 0 atom stereocenters. The highest BCUT2D eigenvalue weighted by Gasteiger charge is 2.30. The Morgan fingerprint density at radius 3 is 2.57 bits per heavy atom. The Balaban J connectivity index is 1.72. The van der Waals surface area contributed by atoms with Crippen molar-refractivity contribution in [1.29, 1.82) is 0 Å². The Morgan fingerprint density at radius 2 is 1.86 bits per heavy atom. The number of carboxylic acid groups (broad SMARTS) is 1. The maximum absolute atomic E-state index is 13.0. The summed E-state index contributed by atoms with van der Waals surface area (Å²) in [6.45, 7) is 4.03. The molecule has 0 saturated carbocycles. The first-order valence-corrected chi connectivity index (χ1v) is 10.7. The van der Waals surface area contributed by atoms with E-state index >= 15 is 0 Å². The molecule has 0 bridgehead atoms. The van der Waals surface area contributed by atoms with Crippen molar-refractivity contribution < 1.29 is 19.2 Å². The van der Waals surface area contributed by atoms with E-state index < -0.39 is 5.97 Å². The molecule has 28 heavy (non-hydrogen) atoms. The second-order valence-electron chi connectivity index (χ2n) is 7.84. The third-order valence-corrected chi connectivity index (χ3v) is 6.84. The highest BCUT2D eigenvalue weighted by molar-refractivity contribution is 7.12. The second-order valence-corrected chi connectivity index (χ2v) is 9.03. The first-order valence-electron chi connectivity index (χ1n) is 9.91. The number of allylic oxidation sites excluding steroid dienone is 1. The molecule has 0 aromatic carbocycles. The number of hydrogen-bond acceptors (Lipinski definition) is 6. The molecule has 0 fully saturated rings. The number of aryl methyl sites for hydroxylation is 1. The topological polar surface area (TPSA) is 93.3 Å². The van der Waals surface area contributed by atoms with Crippen LogP contribution < -0.4 is 0 Å². The smallest absolute Gasteiger partial charge is 0.331 e. The van der Waals surface area contributed by atoms with Crippen LogP contribution in [-0.2, 0) is 28.9 Å². The van der Waals surface area contributed by atoms with Crippen molar-refractivity contribution in [3.05, 3.63) is 32.3 Å². The van der Waals surface area contributed by atoms with E-state index in [0.29, 0.717) is 30.1 Å². The predicted molar refractivity (Wildman–Crippen MR) is 106 cm³/mol. The number of thiophene rings is 1. The fourth-order valence-corrected chi connectivity index (χ4v) is 5.49. The molecule has 0 unspecified atom stereocenters. The Labute approximate surface area is 167 Å². The summed E-state index contributed by atoms with van der Waals surface area (Å²) in [5, 5.41) is 13.5. The Kier molecular flexibility index (Phi) is 5.19. The average Bonchev–Trinajstić information content (AvgIpc) is 3.38. The number of fused-ring (bicyclic) bond motifs is 1. The van der Waals surface area contributed by atoms with Gasteiger partial charge in [0.1, 0.15) is 0 Å². The minimum atomic E-state index is -0.968. The zero-order valence-electron chi connectivity index (χ0n) is 16.2. The van der Waals surface area contributed by atoms with E-state index in [9.17, 15) is 14.7 Å². The van der Waals surface area contributed by atoms with Gasteiger partial charge in [-0.25, -0.2) is 4.79 Å². The van der Waals surface area contributed by atoms with Crippen molar-refractivity contribution in [2.75, 3.05) is 0 Å². The lowest BCUT2D eigenvalue weighted by Crippen LogP contribution is -2.10. The van der Waals surface area contributed by atoms with Crippen LogP contribution in [0.4, 0.5) is 0 Å². The first-order chi connectivity index (χ1) is 13.5. The maximum Gasteiger partial charge on any atom is 0.331 e. The molecule has 7 heteroatoms. The summed E-state index contributed by atoms with van der Waals surface area (Å²) in [4.78, 5) is 31.2. The molecule has 0 aliphatic heterocycles. The molecule has 148 valence electrons. The molecule has 1 N–H and O–H groups in total. The number of nitrogens with zero attached hydrogens (tertiary/aromatic N) is 2. The fourth-order valence-electron chi connectivity index (χ4n) is 4.11. The third-order valence-electron chi connectivity index (χ3n) is 5.55. The fraction of sp³-hybridized carbons (Fsp3) is 0.524. The van der Waals surface area contributed by atoms with Gasteiger partial charge in [0.15, 0.2) is 11.6 Å². The van der Waals surface area contributed by atoms with Gasteiger partial charge in [-0.05, 0) is 50.5 Å². The summed E-state index contributed by atoms with van der Waals surface area (Å²) < 4.78 is 5.57. The van der Waals surface area contributed by atoms with E-state index in [-0.39, 0.29) is 23.7 Å².